The molecule has 0 saturated carbocycles. The lowest BCUT2D eigenvalue weighted by Crippen LogP contribution is -2.37. The summed E-state index contributed by atoms with van der Waals surface area (Å²) in [6, 6.07) is 0. The van der Waals surface area contributed by atoms with Gasteiger partial charge < -0.3 is 14.6 Å². The Kier molecular flexibility index (Phi) is 25.2. The number of carbonyl (C=O) groups is 2. The van der Waals surface area contributed by atoms with Gasteiger partial charge in [-0.05, 0) is 20.3 Å². The monoisotopic (exact) mass is 498 g/mol. The lowest BCUT2D eigenvalue weighted by molar-refractivity contribution is -0.166. The summed E-state index contributed by atoms with van der Waals surface area (Å²) >= 11 is 0. The van der Waals surface area contributed by atoms with Crippen molar-refractivity contribution in [3.8, 4) is 0 Å². The van der Waals surface area contributed by atoms with Gasteiger partial charge in [-0.15, -0.1) is 0 Å². The molecule has 0 heterocycles. The zero-order valence-electron chi connectivity index (χ0n) is 23.5. The first-order chi connectivity index (χ1) is 17.1. The molecule has 2 atom stereocenters. The van der Waals surface area contributed by atoms with Crippen LogP contribution in [-0.2, 0) is 19.1 Å². The number of rotatable bonds is 26. The maximum atomic E-state index is 12.1. The fourth-order valence-corrected chi connectivity index (χ4v) is 4.67. The van der Waals surface area contributed by atoms with E-state index in [4.69, 9.17) is 9.47 Å². The maximum absolute atomic E-state index is 12.1. The summed E-state index contributed by atoms with van der Waals surface area (Å²) in [6.45, 7) is 6.11. The summed E-state index contributed by atoms with van der Waals surface area (Å²) in [4.78, 5) is 24.0. The van der Waals surface area contributed by atoms with E-state index in [-0.39, 0.29) is 13.2 Å². The minimum absolute atomic E-state index is 0.185. The molecule has 35 heavy (non-hydrogen) atoms. The van der Waals surface area contributed by atoms with Crippen LogP contribution >= 0.6 is 0 Å². The Bertz CT molecular complexity index is 479. The minimum Gasteiger partial charge on any atom is -0.466 e. The highest BCUT2D eigenvalue weighted by Gasteiger charge is 2.33. The third kappa shape index (κ3) is 20.8. The third-order valence-electron chi connectivity index (χ3n) is 6.87. The maximum Gasteiger partial charge on any atom is 0.335 e. The van der Waals surface area contributed by atoms with Gasteiger partial charge in [0.05, 0.1) is 19.1 Å². The molecule has 0 bridgehead atoms. The largest absolute Gasteiger partial charge is 0.466 e. The molecular formula is C30H58O5. The normalized spacial score (nSPS) is 12.9. The molecule has 1 N–H and O–H groups in total. The molecular weight excluding hydrogens is 440 g/mol. The highest BCUT2D eigenvalue weighted by atomic mass is 16.6. The second-order valence-corrected chi connectivity index (χ2v) is 10.1. The first kappa shape index (κ1) is 33.9. The minimum atomic E-state index is -1.44. The molecule has 0 spiro atoms. The van der Waals surface area contributed by atoms with Crippen LogP contribution in [0.15, 0.2) is 0 Å². The van der Waals surface area contributed by atoms with Crippen LogP contribution in [0.2, 0.25) is 0 Å². The summed E-state index contributed by atoms with van der Waals surface area (Å²) in [6.07, 6.45) is 25.4. The van der Waals surface area contributed by atoms with Crippen molar-refractivity contribution < 1.29 is 24.2 Å². The molecule has 5 heteroatoms. The molecule has 0 aromatic heterocycles. The summed E-state index contributed by atoms with van der Waals surface area (Å²) in [7, 11) is 0. The van der Waals surface area contributed by atoms with Gasteiger partial charge in [-0.2, -0.15) is 0 Å². The zero-order chi connectivity index (χ0) is 26.0. The van der Waals surface area contributed by atoms with Gasteiger partial charge in [-0.25, -0.2) is 4.79 Å². The van der Waals surface area contributed by atoms with Gasteiger partial charge in [-0.1, -0.05) is 135 Å². The highest BCUT2D eigenvalue weighted by Crippen LogP contribution is 2.19. The first-order valence-corrected chi connectivity index (χ1v) is 15.1. The fraction of sp³-hybridized carbons (Fsp3) is 0.933. The van der Waals surface area contributed by atoms with Crippen LogP contribution in [0.4, 0.5) is 0 Å². The van der Waals surface area contributed by atoms with Crippen molar-refractivity contribution >= 4 is 11.9 Å². The molecule has 0 aliphatic rings. The number of ether oxygens (including phenoxy) is 2. The summed E-state index contributed by atoms with van der Waals surface area (Å²) in [5.41, 5.74) is 0. The number of hydrogen-bond donors (Lipinski definition) is 1. The lowest BCUT2D eigenvalue weighted by Gasteiger charge is -2.20. The Morgan fingerprint density at radius 1 is 0.514 bits per heavy atom. The number of esters is 2. The molecule has 0 unspecified atom stereocenters. The van der Waals surface area contributed by atoms with Gasteiger partial charge in [0.2, 0.25) is 0 Å². The van der Waals surface area contributed by atoms with Gasteiger partial charge in [0.15, 0.2) is 6.10 Å². The predicted octanol–water partition coefficient (Wildman–Crippen LogP) is 8.30. The smallest absolute Gasteiger partial charge is 0.335 e. The molecule has 0 aliphatic heterocycles. The van der Waals surface area contributed by atoms with Crippen LogP contribution in [-0.4, -0.2) is 36.4 Å². The molecule has 0 aliphatic carbocycles. The number of unbranched alkanes of at least 4 members (excludes halogenated alkanes) is 19. The third-order valence-corrected chi connectivity index (χ3v) is 6.87. The summed E-state index contributed by atoms with van der Waals surface area (Å²) < 4.78 is 9.90. The zero-order valence-corrected chi connectivity index (χ0v) is 23.5. The van der Waals surface area contributed by atoms with Crippen molar-refractivity contribution in [3.63, 3.8) is 0 Å². The van der Waals surface area contributed by atoms with Crippen LogP contribution < -0.4 is 0 Å². The van der Waals surface area contributed by atoms with E-state index in [2.05, 4.69) is 6.92 Å². The van der Waals surface area contributed by atoms with E-state index in [1.54, 1.807) is 13.8 Å². The van der Waals surface area contributed by atoms with Crippen LogP contribution in [0.5, 0.6) is 0 Å². The Morgan fingerprint density at radius 2 is 0.829 bits per heavy atom. The van der Waals surface area contributed by atoms with E-state index < -0.39 is 24.0 Å². The van der Waals surface area contributed by atoms with E-state index in [9.17, 15) is 14.7 Å². The van der Waals surface area contributed by atoms with Crippen LogP contribution in [0.1, 0.15) is 156 Å². The molecule has 208 valence electrons. The number of carbonyl (C=O) groups excluding carboxylic acids is 2. The molecule has 0 aromatic rings. The van der Waals surface area contributed by atoms with E-state index in [1.807, 2.05) is 0 Å². The number of aliphatic hydroxyl groups excluding tert-OH is 1. The van der Waals surface area contributed by atoms with E-state index in [0.29, 0.717) is 6.42 Å². The van der Waals surface area contributed by atoms with Crippen LogP contribution in [0.25, 0.3) is 0 Å². The molecule has 0 amide bonds. The van der Waals surface area contributed by atoms with Gasteiger partial charge in [0.1, 0.15) is 0 Å². The van der Waals surface area contributed by atoms with Crippen molar-refractivity contribution in [2.45, 2.75) is 162 Å². The van der Waals surface area contributed by atoms with E-state index >= 15 is 0 Å². The van der Waals surface area contributed by atoms with Crippen molar-refractivity contribution in [2.24, 2.45) is 5.92 Å². The van der Waals surface area contributed by atoms with E-state index in [0.717, 1.165) is 19.3 Å². The second kappa shape index (κ2) is 26.0. The predicted molar refractivity (Wildman–Crippen MR) is 145 cm³/mol. The fourth-order valence-electron chi connectivity index (χ4n) is 4.67. The average Bonchev–Trinajstić information content (AvgIpc) is 2.85. The Labute approximate surface area is 217 Å². The summed E-state index contributed by atoms with van der Waals surface area (Å²) in [5, 5.41) is 10.2. The molecule has 5 nitrogen and oxygen atoms in total. The number of aliphatic hydroxyl groups is 1. The molecule has 0 radical (unpaired) electrons. The van der Waals surface area contributed by atoms with Crippen molar-refractivity contribution in [2.75, 3.05) is 13.2 Å². The van der Waals surface area contributed by atoms with Crippen molar-refractivity contribution in [1.82, 2.24) is 0 Å². The van der Waals surface area contributed by atoms with Crippen molar-refractivity contribution in [3.05, 3.63) is 0 Å². The standard InChI is InChI=1S/C30H58O5/c1-4-7-8-9-10-11-12-13-14-15-16-17-18-19-20-21-22-23-24-25-26-27(29(32)34-5-2)28(31)30(33)35-6-3/h27-28,31H,4-26H2,1-3H3/t27-,28+/m1/s1. The van der Waals surface area contributed by atoms with Gasteiger partial charge in [0, 0.05) is 0 Å². The Hall–Kier alpha value is -1.10. The topological polar surface area (TPSA) is 72.8 Å². The lowest BCUT2D eigenvalue weighted by atomic mass is 9.94. The second-order valence-electron chi connectivity index (χ2n) is 10.1. The van der Waals surface area contributed by atoms with Gasteiger partial charge in [-0.3, -0.25) is 4.79 Å². The van der Waals surface area contributed by atoms with E-state index in [1.165, 1.54) is 109 Å². The molecule has 0 aromatic carbocycles. The quantitative estimate of drug-likeness (QED) is 0.0959. The summed E-state index contributed by atoms with van der Waals surface area (Å²) in [5.74, 6) is -2.07. The van der Waals surface area contributed by atoms with Crippen LogP contribution in [0, 0.1) is 5.92 Å². The van der Waals surface area contributed by atoms with Crippen molar-refractivity contribution in [1.29, 1.82) is 0 Å². The highest BCUT2D eigenvalue weighted by molar-refractivity contribution is 5.83. The van der Waals surface area contributed by atoms with Crippen LogP contribution in [0.3, 0.4) is 0 Å². The molecule has 0 rings (SSSR count). The Balaban J connectivity index is 3.57. The van der Waals surface area contributed by atoms with Gasteiger partial charge in [0.25, 0.3) is 0 Å². The molecule has 0 saturated heterocycles. The average molecular weight is 499 g/mol. The molecule has 0 fully saturated rings. The van der Waals surface area contributed by atoms with Gasteiger partial charge >= 0.3 is 11.9 Å². The Morgan fingerprint density at radius 3 is 1.17 bits per heavy atom. The first-order valence-electron chi connectivity index (χ1n) is 15.1. The number of hydrogen-bond acceptors (Lipinski definition) is 5. The SMILES string of the molecule is CCCCCCCCCCCCCCCCCCCCCC[C@@H](C(=O)OCC)[C@H](O)C(=O)OCC.